The van der Waals surface area contributed by atoms with E-state index in [1.165, 1.54) is 18.4 Å². The van der Waals surface area contributed by atoms with E-state index in [1.54, 1.807) is 0 Å². The van der Waals surface area contributed by atoms with E-state index >= 15 is 0 Å². The molecule has 0 saturated carbocycles. The van der Waals surface area contributed by atoms with Crippen molar-refractivity contribution in [3.8, 4) is 0 Å². The summed E-state index contributed by atoms with van der Waals surface area (Å²) in [7, 11) is 0. The summed E-state index contributed by atoms with van der Waals surface area (Å²) >= 11 is 0. The first kappa shape index (κ1) is 17.4. The van der Waals surface area contributed by atoms with Crippen LogP contribution in [0.25, 0.3) is 0 Å². The minimum atomic E-state index is -0.294. The number of imide groups is 1. The molecule has 1 rings (SSSR count). The molecule has 0 saturated heterocycles. The van der Waals surface area contributed by atoms with Gasteiger partial charge in [-0.15, -0.1) is 0 Å². The van der Waals surface area contributed by atoms with Gasteiger partial charge in [-0.3, -0.25) is 14.5 Å². The van der Waals surface area contributed by atoms with E-state index in [9.17, 15) is 9.59 Å². The average Bonchev–Trinajstić information content (AvgIpc) is 2.80. The van der Waals surface area contributed by atoms with Crippen molar-refractivity contribution in [1.82, 2.24) is 4.90 Å². The van der Waals surface area contributed by atoms with Crippen molar-refractivity contribution in [1.29, 1.82) is 0 Å². The Morgan fingerprint density at radius 2 is 1.33 bits per heavy atom. The van der Waals surface area contributed by atoms with Gasteiger partial charge in [0.25, 0.3) is 11.8 Å². The van der Waals surface area contributed by atoms with Gasteiger partial charge in [-0.2, -0.15) is 0 Å². The highest BCUT2D eigenvalue weighted by Gasteiger charge is 2.22. The molecular weight excluding hydrogens is 278 g/mol. The van der Waals surface area contributed by atoms with Crippen molar-refractivity contribution in [3.63, 3.8) is 0 Å². The molecule has 0 N–H and O–H groups in total. The summed E-state index contributed by atoms with van der Waals surface area (Å²) < 4.78 is 20.7. The molecule has 0 aromatic heterocycles. The van der Waals surface area contributed by atoms with Crippen molar-refractivity contribution in [2.24, 2.45) is 0 Å². The molecule has 0 radical (unpaired) electrons. The fraction of sp³-hybridized carbons (Fsp3) is 0.571. The second-order valence-electron chi connectivity index (χ2n) is 4.04. The quantitative estimate of drug-likeness (QED) is 0.273. The van der Waals surface area contributed by atoms with E-state index in [4.69, 9.17) is 18.9 Å². The number of rotatable bonds is 13. The lowest BCUT2D eigenvalue weighted by Crippen LogP contribution is -2.33. The highest BCUT2D eigenvalue weighted by molar-refractivity contribution is 6.12. The molecule has 1 aliphatic rings. The molecule has 7 heteroatoms. The van der Waals surface area contributed by atoms with Gasteiger partial charge >= 0.3 is 0 Å². The van der Waals surface area contributed by atoms with Crippen LogP contribution in [0.5, 0.6) is 0 Å². The molecule has 118 valence electrons. The summed E-state index contributed by atoms with van der Waals surface area (Å²) in [4.78, 5) is 23.6. The predicted molar refractivity (Wildman–Crippen MR) is 74.5 cm³/mol. The van der Waals surface area contributed by atoms with Crippen molar-refractivity contribution in [2.45, 2.75) is 0 Å². The van der Waals surface area contributed by atoms with E-state index in [-0.39, 0.29) is 18.4 Å². The summed E-state index contributed by atoms with van der Waals surface area (Å²) in [5, 5.41) is 0. The van der Waals surface area contributed by atoms with Gasteiger partial charge in [-0.1, -0.05) is 6.58 Å². The minimum Gasteiger partial charge on any atom is -0.499 e. The van der Waals surface area contributed by atoms with Crippen molar-refractivity contribution in [2.75, 3.05) is 52.8 Å². The smallest absolute Gasteiger partial charge is 0.253 e. The van der Waals surface area contributed by atoms with Gasteiger partial charge in [0.1, 0.15) is 6.61 Å². The number of hydrogen-bond donors (Lipinski definition) is 0. The van der Waals surface area contributed by atoms with Crippen molar-refractivity contribution in [3.05, 3.63) is 25.0 Å². The van der Waals surface area contributed by atoms with Gasteiger partial charge < -0.3 is 18.9 Å². The number of carbonyl (C=O) groups is 2. The zero-order valence-corrected chi connectivity index (χ0v) is 12.0. The summed E-state index contributed by atoms with van der Waals surface area (Å²) in [6.45, 7) is 6.77. The molecule has 2 amide bonds. The molecule has 0 aliphatic carbocycles. The van der Waals surface area contributed by atoms with Crippen LogP contribution < -0.4 is 0 Å². The van der Waals surface area contributed by atoms with Crippen LogP contribution in [-0.4, -0.2) is 69.5 Å². The lowest BCUT2D eigenvalue weighted by molar-refractivity contribution is -0.137. The lowest BCUT2D eigenvalue weighted by atomic mass is 10.5. The van der Waals surface area contributed by atoms with E-state index in [2.05, 4.69) is 6.58 Å². The Hall–Kier alpha value is -1.70. The second kappa shape index (κ2) is 11.0. The zero-order valence-electron chi connectivity index (χ0n) is 12.0. The maximum absolute atomic E-state index is 11.2. The lowest BCUT2D eigenvalue weighted by Gasteiger charge is -2.13. The molecule has 21 heavy (non-hydrogen) atoms. The number of hydrogen-bond acceptors (Lipinski definition) is 6. The minimum absolute atomic E-state index is 0.261. The number of amides is 2. The Bertz CT molecular complexity index is 350. The van der Waals surface area contributed by atoms with Gasteiger partial charge in [0, 0.05) is 12.2 Å². The summed E-state index contributed by atoms with van der Waals surface area (Å²) in [6.07, 6.45) is 3.88. The summed E-state index contributed by atoms with van der Waals surface area (Å²) in [5.74, 6) is -0.588. The molecule has 0 aromatic carbocycles. The van der Waals surface area contributed by atoms with Gasteiger partial charge in [-0.25, -0.2) is 0 Å². The Morgan fingerprint density at radius 3 is 1.86 bits per heavy atom. The Balaban J connectivity index is 1.82. The van der Waals surface area contributed by atoms with Gasteiger partial charge in [0.2, 0.25) is 0 Å². The molecule has 0 unspecified atom stereocenters. The van der Waals surface area contributed by atoms with Crippen molar-refractivity contribution >= 4 is 11.8 Å². The molecule has 0 atom stereocenters. The first-order valence-corrected chi connectivity index (χ1v) is 6.75. The Morgan fingerprint density at radius 1 is 0.857 bits per heavy atom. The van der Waals surface area contributed by atoms with E-state index in [0.717, 1.165) is 4.90 Å². The Kier molecular flexibility index (Phi) is 9.10. The molecule has 1 heterocycles. The zero-order chi connectivity index (χ0) is 15.3. The third-order valence-corrected chi connectivity index (χ3v) is 2.57. The predicted octanol–water partition coefficient (Wildman–Crippen LogP) is 0.121. The fourth-order valence-electron chi connectivity index (χ4n) is 1.54. The molecular formula is C14H21NO6. The van der Waals surface area contributed by atoms with Crippen LogP contribution in [-0.2, 0) is 28.5 Å². The number of ether oxygens (including phenoxy) is 4. The summed E-state index contributed by atoms with van der Waals surface area (Å²) in [6, 6.07) is 0. The number of carbonyl (C=O) groups excluding carboxylic acids is 2. The third kappa shape index (κ3) is 7.60. The molecule has 0 aromatic rings. The SMILES string of the molecule is C=COCCOCCOCCOCCN1C(=O)C=CC1=O. The first-order chi connectivity index (χ1) is 10.3. The molecule has 7 nitrogen and oxygen atoms in total. The van der Waals surface area contributed by atoms with Crippen LogP contribution in [0.1, 0.15) is 0 Å². The maximum atomic E-state index is 11.2. The van der Waals surface area contributed by atoms with Gasteiger partial charge in [-0.05, 0) is 0 Å². The monoisotopic (exact) mass is 299 g/mol. The van der Waals surface area contributed by atoms with Crippen molar-refractivity contribution < 1.29 is 28.5 Å². The molecule has 0 fully saturated rings. The van der Waals surface area contributed by atoms with Crippen LogP contribution in [0.4, 0.5) is 0 Å². The second-order valence-corrected chi connectivity index (χ2v) is 4.04. The average molecular weight is 299 g/mol. The van der Waals surface area contributed by atoms with E-state index in [0.29, 0.717) is 46.2 Å². The normalized spacial score (nSPS) is 14.0. The highest BCUT2D eigenvalue weighted by atomic mass is 16.6. The maximum Gasteiger partial charge on any atom is 0.253 e. The standard InChI is InChI=1S/C14H21NO6/c1-2-18-7-8-20-11-12-21-10-9-19-6-5-15-13(16)3-4-14(15)17/h2-4H,1,5-12H2. The van der Waals surface area contributed by atoms with E-state index in [1.807, 2.05) is 0 Å². The molecule has 0 spiro atoms. The van der Waals surface area contributed by atoms with Crippen LogP contribution in [0.15, 0.2) is 25.0 Å². The Labute approximate surface area is 124 Å². The largest absolute Gasteiger partial charge is 0.499 e. The fourth-order valence-corrected chi connectivity index (χ4v) is 1.54. The third-order valence-electron chi connectivity index (χ3n) is 2.57. The van der Waals surface area contributed by atoms with E-state index < -0.39 is 0 Å². The van der Waals surface area contributed by atoms with Crippen LogP contribution in [0, 0.1) is 0 Å². The molecule has 1 aliphatic heterocycles. The van der Waals surface area contributed by atoms with Gasteiger partial charge in [0.15, 0.2) is 0 Å². The van der Waals surface area contributed by atoms with Crippen LogP contribution in [0.2, 0.25) is 0 Å². The summed E-state index contributed by atoms with van der Waals surface area (Å²) in [5.41, 5.74) is 0. The van der Waals surface area contributed by atoms with Crippen LogP contribution >= 0.6 is 0 Å². The highest BCUT2D eigenvalue weighted by Crippen LogP contribution is 2.02. The molecule has 0 bridgehead atoms. The first-order valence-electron chi connectivity index (χ1n) is 6.75. The number of nitrogens with zero attached hydrogens (tertiary/aromatic N) is 1. The van der Waals surface area contributed by atoms with Crippen LogP contribution in [0.3, 0.4) is 0 Å². The van der Waals surface area contributed by atoms with Gasteiger partial charge in [0.05, 0.1) is 52.4 Å². The topological polar surface area (TPSA) is 74.3 Å².